The van der Waals surface area contributed by atoms with Crippen LogP contribution < -0.4 is 0 Å². The van der Waals surface area contributed by atoms with Crippen LogP contribution in [0.5, 0.6) is 0 Å². The van der Waals surface area contributed by atoms with E-state index in [4.69, 9.17) is 0 Å². The number of carbonyl (C=O) groups excluding carboxylic acids is 1. The predicted molar refractivity (Wildman–Crippen MR) is 77.8 cm³/mol. The van der Waals surface area contributed by atoms with Crippen LogP contribution >= 0.6 is 15.9 Å². The summed E-state index contributed by atoms with van der Waals surface area (Å²) in [6.45, 7) is 3.12. The van der Waals surface area contributed by atoms with Gasteiger partial charge in [-0.1, -0.05) is 6.07 Å². The molecule has 0 atom stereocenters. The minimum Gasteiger partial charge on any atom is -0.336 e. The van der Waals surface area contributed by atoms with Gasteiger partial charge in [0, 0.05) is 25.4 Å². The van der Waals surface area contributed by atoms with Crippen LogP contribution in [0.2, 0.25) is 0 Å². The lowest BCUT2D eigenvalue weighted by Gasteiger charge is -2.16. The van der Waals surface area contributed by atoms with Gasteiger partial charge in [0.1, 0.15) is 5.82 Å². The van der Waals surface area contributed by atoms with Gasteiger partial charge in [0.05, 0.1) is 16.7 Å². The molecule has 4 nitrogen and oxygen atoms in total. The molecule has 2 rings (SSSR count). The average molecular weight is 340 g/mol. The molecule has 0 aliphatic heterocycles. The second-order valence-electron chi connectivity index (χ2n) is 4.45. The molecule has 0 fully saturated rings. The first kappa shape index (κ1) is 14.7. The molecule has 20 heavy (non-hydrogen) atoms. The summed E-state index contributed by atoms with van der Waals surface area (Å²) >= 11 is 3.42. The Labute approximate surface area is 125 Å². The van der Waals surface area contributed by atoms with E-state index in [1.165, 1.54) is 23.1 Å². The molecule has 0 radical (unpaired) electrons. The number of nitrogens with zero attached hydrogens (tertiary/aromatic N) is 3. The van der Waals surface area contributed by atoms with Crippen LogP contribution in [0.4, 0.5) is 4.39 Å². The first-order valence-corrected chi connectivity index (χ1v) is 7.03. The number of hydrogen-bond acceptors (Lipinski definition) is 2. The van der Waals surface area contributed by atoms with E-state index in [0.717, 1.165) is 16.7 Å². The fraction of sp³-hybridized carbons (Fsp3) is 0.286. The zero-order valence-corrected chi connectivity index (χ0v) is 12.9. The maximum atomic E-state index is 13.1. The van der Waals surface area contributed by atoms with E-state index in [9.17, 15) is 9.18 Å². The fourth-order valence-corrected chi connectivity index (χ4v) is 2.29. The summed E-state index contributed by atoms with van der Waals surface area (Å²) in [5, 5.41) is 4.36. The van der Waals surface area contributed by atoms with E-state index in [-0.39, 0.29) is 5.91 Å². The van der Waals surface area contributed by atoms with Crippen LogP contribution in [0.15, 0.2) is 34.9 Å². The Hall–Kier alpha value is -1.69. The first-order chi connectivity index (χ1) is 9.51. The van der Waals surface area contributed by atoms with Gasteiger partial charge >= 0.3 is 0 Å². The van der Waals surface area contributed by atoms with E-state index >= 15 is 0 Å². The molecule has 0 spiro atoms. The lowest BCUT2D eigenvalue weighted by molar-refractivity contribution is 0.0782. The monoisotopic (exact) mass is 339 g/mol. The number of aromatic nitrogens is 2. The summed E-state index contributed by atoms with van der Waals surface area (Å²) in [4.78, 5) is 13.7. The minimum absolute atomic E-state index is 0.234. The highest BCUT2D eigenvalue weighted by molar-refractivity contribution is 9.10. The zero-order valence-electron chi connectivity index (χ0n) is 11.3. The Balaban J connectivity index is 2.13. The largest absolute Gasteiger partial charge is 0.336 e. The van der Waals surface area contributed by atoms with Gasteiger partial charge in [-0.15, -0.1) is 0 Å². The smallest absolute Gasteiger partial charge is 0.254 e. The Morgan fingerprint density at radius 2 is 2.25 bits per heavy atom. The topological polar surface area (TPSA) is 38.1 Å². The molecule has 1 amide bonds. The normalized spacial score (nSPS) is 10.6. The van der Waals surface area contributed by atoms with Crippen LogP contribution in [0, 0.1) is 5.82 Å². The average Bonchev–Trinajstić information content (AvgIpc) is 2.78. The Morgan fingerprint density at radius 3 is 2.85 bits per heavy atom. The number of carbonyl (C=O) groups is 1. The highest BCUT2D eigenvalue weighted by atomic mass is 79.9. The van der Waals surface area contributed by atoms with Crippen molar-refractivity contribution in [2.75, 3.05) is 7.05 Å². The highest BCUT2D eigenvalue weighted by Gasteiger charge is 2.15. The van der Waals surface area contributed by atoms with Crippen molar-refractivity contribution in [3.63, 3.8) is 0 Å². The standard InChI is InChI=1S/C14H15BrFN3O/c1-3-19-8-12(15)13(17-19)9-18(2)14(20)10-5-4-6-11(16)7-10/h4-8H,3,9H2,1-2H3. The number of rotatable bonds is 4. The van der Waals surface area contributed by atoms with Crippen LogP contribution in [-0.2, 0) is 13.1 Å². The third-order valence-electron chi connectivity index (χ3n) is 2.92. The quantitative estimate of drug-likeness (QED) is 0.858. The van der Waals surface area contributed by atoms with E-state index in [0.29, 0.717) is 12.1 Å². The Bertz CT molecular complexity index is 627. The molecule has 0 N–H and O–H groups in total. The van der Waals surface area contributed by atoms with E-state index < -0.39 is 5.82 Å². The van der Waals surface area contributed by atoms with Gasteiger partial charge in [0.25, 0.3) is 5.91 Å². The molecule has 0 unspecified atom stereocenters. The van der Waals surface area contributed by atoms with Gasteiger partial charge in [-0.25, -0.2) is 4.39 Å². The number of aryl methyl sites for hydroxylation is 1. The molecule has 0 saturated carbocycles. The molecule has 1 aromatic carbocycles. The van der Waals surface area contributed by atoms with Gasteiger partial charge in [-0.05, 0) is 41.1 Å². The molecule has 0 aliphatic carbocycles. The minimum atomic E-state index is -0.416. The van der Waals surface area contributed by atoms with Gasteiger partial charge in [-0.2, -0.15) is 5.10 Å². The summed E-state index contributed by atoms with van der Waals surface area (Å²) < 4.78 is 15.8. The molecular weight excluding hydrogens is 325 g/mol. The first-order valence-electron chi connectivity index (χ1n) is 6.24. The molecule has 2 aromatic rings. The number of benzene rings is 1. The van der Waals surface area contributed by atoms with Crippen molar-refractivity contribution in [3.8, 4) is 0 Å². The van der Waals surface area contributed by atoms with Crippen molar-refractivity contribution >= 4 is 21.8 Å². The molecule has 1 heterocycles. The number of halogens is 2. The van der Waals surface area contributed by atoms with Crippen molar-refractivity contribution in [3.05, 3.63) is 52.0 Å². The van der Waals surface area contributed by atoms with Gasteiger partial charge in [0.15, 0.2) is 0 Å². The SMILES string of the molecule is CCn1cc(Br)c(CN(C)C(=O)c2cccc(F)c2)n1. The molecule has 106 valence electrons. The zero-order chi connectivity index (χ0) is 14.7. The molecule has 1 aromatic heterocycles. The molecular formula is C14H15BrFN3O. The second-order valence-corrected chi connectivity index (χ2v) is 5.31. The van der Waals surface area contributed by atoms with Crippen LogP contribution in [0.25, 0.3) is 0 Å². The maximum Gasteiger partial charge on any atom is 0.254 e. The van der Waals surface area contributed by atoms with Crippen LogP contribution in [-0.4, -0.2) is 27.6 Å². The summed E-state index contributed by atoms with van der Waals surface area (Å²) in [5.41, 5.74) is 1.11. The fourth-order valence-electron chi connectivity index (χ4n) is 1.84. The van der Waals surface area contributed by atoms with Crippen LogP contribution in [0.1, 0.15) is 23.0 Å². The molecule has 6 heteroatoms. The molecule has 0 bridgehead atoms. The predicted octanol–water partition coefficient (Wildman–Crippen LogP) is 3.08. The third-order valence-corrected chi connectivity index (χ3v) is 3.58. The number of hydrogen-bond donors (Lipinski definition) is 0. The third kappa shape index (κ3) is 3.25. The van der Waals surface area contributed by atoms with Crippen molar-refractivity contribution < 1.29 is 9.18 Å². The second kappa shape index (κ2) is 6.17. The molecule has 0 aliphatic rings. The van der Waals surface area contributed by atoms with Crippen molar-refractivity contribution in [1.29, 1.82) is 0 Å². The summed E-state index contributed by atoms with van der Waals surface area (Å²) in [5.74, 6) is -0.650. The van der Waals surface area contributed by atoms with E-state index in [1.54, 1.807) is 17.8 Å². The lowest BCUT2D eigenvalue weighted by Crippen LogP contribution is -2.26. The Morgan fingerprint density at radius 1 is 1.50 bits per heavy atom. The summed E-state index contributed by atoms with van der Waals surface area (Å²) in [6.07, 6.45) is 1.87. The summed E-state index contributed by atoms with van der Waals surface area (Å²) in [6, 6.07) is 5.68. The maximum absolute atomic E-state index is 13.1. The van der Waals surface area contributed by atoms with E-state index in [2.05, 4.69) is 21.0 Å². The van der Waals surface area contributed by atoms with Gasteiger partial charge in [0.2, 0.25) is 0 Å². The highest BCUT2D eigenvalue weighted by Crippen LogP contribution is 2.17. The van der Waals surface area contributed by atoms with Crippen molar-refractivity contribution in [2.24, 2.45) is 0 Å². The van der Waals surface area contributed by atoms with Crippen molar-refractivity contribution in [2.45, 2.75) is 20.0 Å². The van der Waals surface area contributed by atoms with Crippen LogP contribution in [0.3, 0.4) is 0 Å². The van der Waals surface area contributed by atoms with Gasteiger partial charge < -0.3 is 4.90 Å². The van der Waals surface area contributed by atoms with E-state index in [1.807, 2.05) is 13.1 Å². The number of amides is 1. The lowest BCUT2D eigenvalue weighted by atomic mass is 10.2. The molecule has 0 saturated heterocycles. The van der Waals surface area contributed by atoms with Gasteiger partial charge in [-0.3, -0.25) is 9.48 Å². The van der Waals surface area contributed by atoms with Crippen molar-refractivity contribution in [1.82, 2.24) is 14.7 Å². The summed E-state index contributed by atoms with van der Waals surface area (Å²) in [7, 11) is 1.67. The Kier molecular flexibility index (Phi) is 4.54.